The molecule has 2 N–H and O–H groups in total. The van der Waals surface area contributed by atoms with Crippen LogP contribution < -0.4 is 10.6 Å². The molecule has 2 aromatic rings. The van der Waals surface area contributed by atoms with Crippen LogP contribution in [0, 0.1) is 12.7 Å². The molecule has 5 heteroatoms. The third kappa shape index (κ3) is 3.27. The van der Waals surface area contributed by atoms with Crippen molar-refractivity contribution >= 4 is 28.9 Å². The molecule has 2 rings (SSSR count). The molecule has 0 aromatic heterocycles. The highest BCUT2D eigenvalue weighted by atomic mass is 35.5. The number of hydrogen-bond donors (Lipinski definition) is 2. The van der Waals surface area contributed by atoms with E-state index in [4.69, 9.17) is 11.6 Å². The number of aryl methyl sites for hydroxylation is 1. The molecule has 20 heavy (non-hydrogen) atoms. The molecule has 0 heterocycles. The van der Waals surface area contributed by atoms with Crippen molar-refractivity contribution in [3.63, 3.8) is 0 Å². The average molecular weight is 293 g/mol. The van der Waals surface area contributed by atoms with Gasteiger partial charge in [0, 0.05) is 23.4 Å². The molecule has 2 aromatic carbocycles. The summed E-state index contributed by atoms with van der Waals surface area (Å²) >= 11 is 5.76. The standard InChI is InChI=1S/C15H14ClFN2O/c1-9-3-4-13(14(5-9)18-2)15(20)19-12-7-10(16)6-11(17)8-12/h3-8,18H,1-2H3,(H,19,20). The number of amides is 1. The van der Waals surface area contributed by atoms with Crippen molar-refractivity contribution < 1.29 is 9.18 Å². The van der Waals surface area contributed by atoms with E-state index in [0.29, 0.717) is 16.9 Å². The molecule has 0 radical (unpaired) electrons. The molecule has 0 atom stereocenters. The molecule has 0 aliphatic carbocycles. The fourth-order valence-corrected chi connectivity index (χ4v) is 2.11. The second kappa shape index (κ2) is 5.92. The largest absolute Gasteiger partial charge is 0.387 e. The van der Waals surface area contributed by atoms with Crippen molar-refractivity contribution in [2.75, 3.05) is 17.7 Å². The summed E-state index contributed by atoms with van der Waals surface area (Å²) in [6, 6.07) is 9.33. The van der Waals surface area contributed by atoms with Crippen LogP contribution in [-0.4, -0.2) is 13.0 Å². The van der Waals surface area contributed by atoms with Gasteiger partial charge in [0.05, 0.1) is 5.56 Å². The van der Waals surface area contributed by atoms with Crippen molar-refractivity contribution in [3.05, 3.63) is 58.4 Å². The second-order valence-corrected chi connectivity index (χ2v) is 4.85. The second-order valence-electron chi connectivity index (χ2n) is 4.41. The Bertz CT molecular complexity index is 638. The lowest BCUT2D eigenvalue weighted by Gasteiger charge is -2.11. The van der Waals surface area contributed by atoms with Crippen LogP contribution in [0.2, 0.25) is 5.02 Å². The Morgan fingerprint density at radius 2 is 1.95 bits per heavy atom. The van der Waals surface area contributed by atoms with Gasteiger partial charge >= 0.3 is 0 Å². The number of halogens is 2. The number of rotatable bonds is 3. The van der Waals surface area contributed by atoms with Gasteiger partial charge in [0.2, 0.25) is 0 Å². The highest BCUT2D eigenvalue weighted by Gasteiger charge is 2.12. The van der Waals surface area contributed by atoms with Gasteiger partial charge in [-0.2, -0.15) is 0 Å². The van der Waals surface area contributed by atoms with Crippen LogP contribution in [0.3, 0.4) is 0 Å². The summed E-state index contributed by atoms with van der Waals surface area (Å²) in [5, 5.41) is 5.83. The van der Waals surface area contributed by atoms with Crippen LogP contribution in [-0.2, 0) is 0 Å². The predicted octanol–water partition coefficient (Wildman–Crippen LogP) is 4.08. The molecule has 0 fully saturated rings. The normalized spacial score (nSPS) is 10.2. The zero-order chi connectivity index (χ0) is 14.7. The van der Waals surface area contributed by atoms with Crippen LogP contribution in [0.1, 0.15) is 15.9 Å². The lowest BCUT2D eigenvalue weighted by Crippen LogP contribution is -2.14. The van der Waals surface area contributed by atoms with E-state index < -0.39 is 5.82 Å². The molecule has 0 unspecified atom stereocenters. The fourth-order valence-electron chi connectivity index (χ4n) is 1.89. The minimum absolute atomic E-state index is 0.234. The van der Waals surface area contributed by atoms with E-state index in [-0.39, 0.29) is 10.9 Å². The van der Waals surface area contributed by atoms with Crippen LogP contribution in [0.4, 0.5) is 15.8 Å². The Morgan fingerprint density at radius 3 is 2.60 bits per heavy atom. The van der Waals surface area contributed by atoms with Gasteiger partial charge in [-0.15, -0.1) is 0 Å². The molecular formula is C15H14ClFN2O. The quantitative estimate of drug-likeness (QED) is 0.895. The molecule has 1 amide bonds. The average Bonchev–Trinajstić information content (AvgIpc) is 2.37. The first-order valence-electron chi connectivity index (χ1n) is 6.05. The Morgan fingerprint density at radius 1 is 1.20 bits per heavy atom. The van der Waals surface area contributed by atoms with Crippen molar-refractivity contribution in [1.29, 1.82) is 0 Å². The number of hydrogen-bond acceptors (Lipinski definition) is 2. The highest BCUT2D eigenvalue weighted by Crippen LogP contribution is 2.21. The summed E-state index contributed by atoms with van der Waals surface area (Å²) in [5.74, 6) is -0.818. The third-order valence-corrected chi connectivity index (χ3v) is 3.03. The van der Waals surface area contributed by atoms with E-state index in [0.717, 1.165) is 5.56 Å². The Labute approximate surface area is 121 Å². The Balaban J connectivity index is 2.28. The zero-order valence-corrected chi connectivity index (χ0v) is 11.9. The lowest BCUT2D eigenvalue weighted by atomic mass is 10.1. The summed E-state index contributed by atoms with van der Waals surface area (Å²) in [6.07, 6.45) is 0. The third-order valence-electron chi connectivity index (χ3n) is 2.81. The van der Waals surface area contributed by atoms with Gasteiger partial charge < -0.3 is 10.6 Å². The van der Waals surface area contributed by atoms with Gasteiger partial charge in [-0.1, -0.05) is 17.7 Å². The molecule has 0 aliphatic heterocycles. The van der Waals surface area contributed by atoms with E-state index in [1.165, 1.54) is 18.2 Å². The first-order valence-corrected chi connectivity index (χ1v) is 6.43. The van der Waals surface area contributed by atoms with Crippen molar-refractivity contribution in [2.24, 2.45) is 0 Å². The molecular weight excluding hydrogens is 279 g/mol. The van der Waals surface area contributed by atoms with Gasteiger partial charge in [-0.05, 0) is 42.8 Å². The van der Waals surface area contributed by atoms with E-state index >= 15 is 0 Å². The zero-order valence-electron chi connectivity index (χ0n) is 11.1. The molecule has 3 nitrogen and oxygen atoms in total. The maximum absolute atomic E-state index is 13.2. The highest BCUT2D eigenvalue weighted by molar-refractivity contribution is 6.31. The van der Waals surface area contributed by atoms with Gasteiger partial charge in [-0.3, -0.25) is 4.79 Å². The first kappa shape index (κ1) is 14.3. The lowest BCUT2D eigenvalue weighted by molar-refractivity contribution is 0.102. The summed E-state index contributed by atoms with van der Waals surface area (Å²) in [5.41, 5.74) is 2.56. The predicted molar refractivity (Wildman–Crippen MR) is 80.1 cm³/mol. The molecule has 0 spiro atoms. The number of benzene rings is 2. The van der Waals surface area contributed by atoms with Gasteiger partial charge in [0.1, 0.15) is 5.82 Å². The van der Waals surface area contributed by atoms with E-state index in [1.807, 2.05) is 19.1 Å². The topological polar surface area (TPSA) is 41.1 Å². The van der Waals surface area contributed by atoms with E-state index in [1.54, 1.807) is 13.1 Å². The minimum atomic E-state index is -0.495. The summed E-state index contributed by atoms with van der Waals surface area (Å²) in [6.45, 7) is 1.94. The van der Waals surface area contributed by atoms with Gasteiger partial charge in [0.25, 0.3) is 5.91 Å². The number of carbonyl (C=O) groups excluding carboxylic acids is 1. The Kier molecular flexibility index (Phi) is 4.25. The van der Waals surface area contributed by atoms with Crippen LogP contribution in [0.5, 0.6) is 0 Å². The Hall–Kier alpha value is -2.07. The van der Waals surface area contributed by atoms with Crippen LogP contribution in [0.25, 0.3) is 0 Å². The minimum Gasteiger partial charge on any atom is -0.387 e. The van der Waals surface area contributed by atoms with Crippen molar-refractivity contribution in [1.82, 2.24) is 0 Å². The smallest absolute Gasteiger partial charge is 0.257 e. The molecule has 0 aliphatic rings. The molecule has 0 saturated carbocycles. The number of carbonyl (C=O) groups is 1. The molecule has 0 bridgehead atoms. The monoisotopic (exact) mass is 292 g/mol. The van der Waals surface area contributed by atoms with Gasteiger partial charge in [-0.25, -0.2) is 4.39 Å². The molecule has 104 valence electrons. The maximum atomic E-state index is 13.2. The first-order chi connectivity index (χ1) is 9.49. The maximum Gasteiger partial charge on any atom is 0.257 e. The number of nitrogens with one attached hydrogen (secondary N) is 2. The van der Waals surface area contributed by atoms with Crippen LogP contribution in [0.15, 0.2) is 36.4 Å². The van der Waals surface area contributed by atoms with Gasteiger partial charge in [0.15, 0.2) is 0 Å². The summed E-state index contributed by atoms with van der Waals surface area (Å²) in [7, 11) is 1.74. The van der Waals surface area contributed by atoms with Crippen LogP contribution >= 0.6 is 11.6 Å². The summed E-state index contributed by atoms with van der Waals surface area (Å²) < 4.78 is 13.2. The summed E-state index contributed by atoms with van der Waals surface area (Å²) in [4.78, 5) is 12.2. The van der Waals surface area contributed by atoms with Crippen molar-refractivity contribution in [2.45, 2.75) is 6.92 Å². The van der Waals surface area contributed by atoms with Crippen molar-refractivity contribution in [3.8, 4) is 0 Å². The van der Waals surface area contributed by atoms with E-state index in [9.17, 15) is 9.18 Å². The van der Waals surface area contributed by atoms with E-state index in [2.05, 4.69) is 10.6 Å². The fraction of sp³-hybridized carbons (Fsp3) is 0.133. The SMILES string of the molecule is CNc1cc(C)ccc1C(=O)Nc1cc(F)cc(Cl)c1. The molecule has 0 saturated heterocycles. The number of anilines is 2.